The van der Waals surface area contributed by atoms with Crippen LogP contribution in [-0.2, 0) is 19.4 Å². The molecule has 2 amide bonds. The number of carbonyl (C=O) groups is 2. The highest BCUT2D eigenvalue weighted by molar-refractivity contribution is 7.91. The lowest BCUT2D eigenvalue weighted by atomic mass is 10.1. The molecular weight excluding hydrogens is 368 g/mol. The third-order valence-electron chi connectivity index (χ3n) is 4.76. The normalized spacial score (nSPS) is 21.9. The van der Waals surface area contributed by atoms with E-state index in [0.29, 0.717) is 17.6 Å². The van der Waals surface area contributed by atoms with Gasteiger partial charge in [-0.1, -0.05) is 18.2 Å². The van der Waals surface area contributed by atoms with Gasteiger partial charge in [-0.3, -0.25) is 14.6 Å². The van der Waals surface area contributed by atoms with Gasteiger partial charge in [0.05, 0.1) is 28.8 Å². The number of hydrogen-bond acceptors (Lipinski definition) is 6. The maximum Gasteiger partial charge on any atom is 0.271 e. The summed E-state index contributed by atoms with van der Waals surface area (Å²) in [6.07, 6.45) is 2.35. The fourth-order valence-electron chi connectivity index (χ4n) is 3.39. The number of hydrogen-bond donors (Lipinski definition) is 1. The highest BCUT2D eigenvalue weighted by Gasteiger charge is 2.37. The number of fused-ring (bicyclic) bond motifs is 1. The molecule has 2 aliphatic heterocycles. The van der Waals surface area contributed by atoms with Crippen molar-refractivity contribution >= 4 is 44.0 Å². The molecule has 9 heteroatoms. The zero-order chi connectivity index (χ0) is 19.0. The van der Waals surface area contributed by atoms with Gasteiger partial charge in [0.25, 0.3) is 5.91 Å². The van der Waals surface area contributed by atoms with Gasteiger partial charge < -0.3 is 5.32 Å². The Kier molecular flexibility index (Phi) is 4.39. The van der Waals surface area contributed by atoms with Crippen molar-refractivity contribution < 1.29 is 18.0 Å². The lowest BCUT2D eigenvalue weighted by Gasteiger charge is -2.27. The molecule has 2 aliphatic rings. The standard InChI is InChI=1S/C18H18N4O4S/c23-16-7-6-15(21-22(16)13-8-10-27(25,26)11-13)18(24)20-14-5-1-3-12-4-2-9-19-17(12)14/h1-5,9,13H,6-8,10-11H2,(H,20,24)/t13-/m0/s1. The van der Waals surface area contributed by atoms with Crippen molar-refractivity contribution in [2.75, 3.05) is 16.8 Å². The number of sulfone groups is 1. The minimum atomic E-state index is -3.15. The molecule has 0 bridgehead atoms. The third-order valence-corrected chi connectivity index (χ3v) is 6.51. The van der Waals surface area contributed by atoms with Gasteiger partial charge in [-0.05, 0) is 18.6 Å². The largest absolute Gasteiger partial charge is 0.319 e. The molecule has 2 aromatic rings. The molecule has 1 aromatic heterocycles. The van der Waals surface area contributed by atoms with E-state index in [2.05, 4.69) is 15.4 Å². The van der Waals surface area contributed by atoms with E-state index in [1.807, 2.05) is 24.3 Å². The van der Waals surface area contributed by atoms with Crippen LogP contribution in [0.4, 0.5) is 5.69 Å². The van der Waals surface area contributed by atoms with Crippen LogP contribution in [0.15, 0.2) is 41.6 Å². The van der Waals surface area contributed by atoms with Gasteiger partial charge in [0.2, 0.25) is 5.91 Å². The molecule has 1 atom stereocenters. The average Bonchev–Trinajstić information content (AvgIpc) is 3.02. The second-order valence-corrected chi connectivity index (χ2v) is 8.91. The van der Waals surface area contributed by atoms with Crippen LogP contribution in [0.1, 0.15) is 19.3 Å². The molecule has 1 aromatic carbocycles. The summed E-state index contributed by atoms with van der Waals surface area (Å²) >= 11 is 0. The van der Waals surface area contributed by atoms with Crippen LogP contribution in [0.3, 0.4) is 0 Å². The van der Waals surface area contributed by atoms with E-state index in [0.717, 1.165) is 5.39 Å². The van der Waals surface area contributed by atoms with Gasteiger partial charge in [0.15, 0.2) is 9.84 Å². The highest BCUT2D eigenvalue weighted by Crippen LogP contribution is 2.24. The first kappa shape index (κ1) is 17.6. The van der Waals surface area contributed by atoms with Crippen molar-refractivity contribution in [3.05, 3.63) is 36.5 Å². The van der Waals surface area contributed by atoms with Crippen LogP contribution in [0.2, 0.25) is 0 Å². The van der Waals surface area contributed by atoms with Crippen LogP contribution < -0.4 is 5.32 Å². The SMILES string of the molecule is O=C(Nc1cccc2cccnc12)C1=NN([C@H]2CCS(=O)(=O)C2)C(=O)CC1. The van der Waals surface area contributed by atoms with Gasteiger partial charge in [-0.2, -0.15) is 5.10 Å². The van der Waals surface area contributed by atoms with Crippen molar-refractivity contribution in [3.8, 4) is 0 Å². The molecule has 4 rings (SSSR count). The molecule has 140 valence electrons. The third kappa shape index (κ3) is 3.55. The number of nitrogens with zero attached hydrogens (tertiary/aromatic N) is 3. The maximum atomic E-state index is 12.7. The summed E-state index contributed by atoms with van der Waals surface area (Å²) in [4.78, 5) is 29.2. The van der Waals surface area contributed by atoms with Gasteiger partial charge in [0.1, 0.15) is 5.71 Å². The van der Waals surface area contributed by atoms with Crippen molar-refractivity contribution in [2.45, 2.75) is 25.3 Å². The lowest BCUT2D eigenvalue weighted by Crippen LogP contribution is -2.42. The summed E-state index contributed by atoms with van der Waals surface area (Å²) in [6.45, 7) is 0. The van der Waals surface area contributed by atoms with Gasteiger partial charge >= 0.3 is 0 Å². The number of para-hydroxylation sites is 1. The van der Waals surface area contributed by atoms with Crippen molar-refractivity contribution in [3.63, 3.8) is 0 Å². The Bertz CT molecular complexity index is 1060. The van der Waals surface area contributed by atoms with E-state index >= 15 is 0 Å². The molecule has 8 nitrogen and oxygen atoms in total. The summed E-state index contributed by atoms with van der Waals surface area (Å²) in [7, 11) is -3.15. The Hall–Kier alpha value is -2.81. The minimum Gasteiger partial charge on any atom is -0.319 e. The number of nitrogens with one attached hydrogen (secondary N) is 1. The Morgan fingerprint density at radius 1 is 1.19 bits per heavy atom. The van der Waals surface area contributed by atoms with Gasteiger partial charge in [-0.25, -0.2) is 13.4 Å². The predicted octanol–water partition coefficient (Wildman–Crippen LogP) is 1.34. The Labute approximate surface area is 156 Å². The molecule has 0 unspecified atom stereocenters. The fourth-order valence-corrected chi connectivity index (χ4v) is 5.08. The molecule has 0 radical (unpaired) electrons. The van der Waals surface area contributed by atoms with E-state index in [9.17, 15) is 18.0 Å². The monoisotopic (exact) mass is 386 g/mol. The maximum absolute atomic E-state index is 12.7. The van der Waals surface area contributed by atoms with Crippen molar-refractivity contribution in [1.29, 1.82) is 0 Å². The molecule has 1 N–H and O–H groups in total. The molecule has 27 heavy (non-hydrogen) atoms. The van der Waals surface area contributed by atoms with E-state index in [4.69, 9.17) is 0 Å². The Morgan fingerprint density at radius 2 is 2.00 bits per heavy atom. The number of carbonyl (C=O) groups excluding carboxylic acids is 2. The summed E-state index contributed by atoms with van der Waals surface area (Å²) in [5.41, 5.74) is 1.44. The average molecular weight is 386 g/mol. The smallest absolute Gasteiger partial charge is 0.271 e. The number of aromatic nitrogens is 1. The van der Waals surface area contributed by atoms with E-state index in [-0.39, 0.29) is 36.0 Å². The quantitative estimate of drug-likeness (QED) is 0.856. The van der Waals surface area contributed by atoms with E-state index in [1.165, 1.54) is 5.01 Å². The van der Waals surface area contributed by atoms with E-state index in [1.54, 1.807) is 12.3 Å². The summed E-state index contributed by atoms with van der Waals surface area (Å²) in [6, 6.07) is 8.70. The lowest BCUT2D eigenvalue weighted by molar-refractivity contribution is -0.133. The number of pyridine rings is 1. The molecule has 1 saturated heterocycles. The summed E-state index contributed by atoms with van der Waals surface area (Å²) in [5, 5.41) is 9.08. The number of hydrazone groups is 1. The molecule has 3 heterocycles. The van der Waals surface area contributed by atoms with Crippen LogP contribution in [0.25, 0.3) is 10.9 Å². The highest BCUT2D eigenvalue weighted by atomic mass is 32.2. The van der Waals surface area contributed by atoms with Crippen LogP contribution >= 0.6 is 0 Å². The summed E-state index contributed by atoms with van der Waals surface area (Å²) in [5.74, 6) is -0.725. The molecule has 0 saturated carbocycles. The topological polar surface area (TPSA) is 109 Å². The van der Waals surface area contributed by atoms with Gasteiger partial charge in [-0.15, -0.1) is 0 Å². The Morgan fingerprint density at radius 3 is 2.78 bits per heavy atom. The molecule has 0 aliphatic carbocycles. The first-order valence-electron chi connectivity index (χ1n) is 8.68. The minimum absolute atomic E-state index is 0.0418. The van der Waals surface area contributed by atoms with Crippen LogP contribution in [-0.4, -0.2) is 53.5 Å². The van der Waals surface area contributed by atoms with Crippen LogP contribution in [0.5, 0.6) is 0 Å². The van der Waals surface area contributed by atoms with Gasteiger partial charge in [0, 0.05) is 24.4 Å². The Balaban J connectivity index is 1.57. The number of benzene rings is 1. The number of amides is 2. The van der Waals surface area contributed by atoms with Crippen molar-refractivity contribution in [1.82, 2.24) is 9.99 Å². The van der Waals surface area contributed by atoms with Crippen molar-refractivity contribution in [2.24, 2.45) is 5.10 Å². The summed E-state index contributed by atoms with van der Waals surface area (Å²) < 4.78 is 23.4. The molecule has 0 spiro atoms. The number of rotatable bonds is 3. The van der Waals surface area contributed by atoms with E-state index < -0.39 is 21.8 Å². The fraction of sp³-hybridized carbons (Fsp3) is 0.333. The van der Waals surface area contributed by atoms with Crippen LogP contribution in [0, 0.1) is 0 Å². The molecule has 1 fully saturated rings. The first-order valence-corrected chi connectivity index (χ1v) is 10.5. The number of anilines is 1. The first-order chi connectivity index (χ1) is 12.9. The zero-order valence-corrected chi connectivity index (χ0v) is 15.3. The zero-order valence-electron chi connectivity index (χ0n) is 14.5. The predicted molar refractivity (Wildman–Crippen MR) is 101 cm³/mol. The molecular formula is C18H18N4O4S. The second-order valence-electron chi connectivity index (χ2n) is 6.68. The second kappa shape index (κ2) is 6.73.